The first kappa shape index (κ1) is 11.3. The van der Waals surface area contributed by atoms with Crippen LogP contribution in [0.25, 0.3) is 11.1 Å². The van der Waals surface area contributed by atoms with Crippen molar-refractivity contribution in [3.05, 3.63) is 53.6 Å². The zero-order valence-electron chi connectivity index (χ0n) is 9.58. The topological polar surface area (TPSA) is 9.23 Å². The molecule has 2 aromatic carbocycles. The average Bonchev–Trinajstić information content (AvgIpc) is 2.67. The molecule has 1 aliphatic rings. The van der Waals surface area contributed by atoms with E-state index in [1.807, 2.05) is 12.1 Å². The van der Waals surface area contributed by atoms with Gasteiger partial charge in [0.1, 0.15) is 0 Å². The third-order valence-corrected chi connectivity index (χ3v) is 2.91. The van der Waals surface area contributed by atoms with Crippen molar-refractivity contribution in [1.82, 2.24) is 0 Å². The van der Waals surface area contributed by atoms with E-state index < -0.39 is 0 Å². The molecule has 74 valence electrons. The van der Waals surface area contributed by atoms with Crippen LogP contribution in [0.2, 0.25) is 0 Å². The van der Waals surface area contributed by atoms with Gasteiger partial charge in [0.25, 0.3) is 0 Å². The molecule has 1 aliphatic carbocycles. The average molecular weight is 202 g/mol. The van der Waals surface area contributed by atoms with Crippen molar-refractivity contribution >= 4 is 0 Å². The largest absolute Gasteiger partial charge is 1.00 e. The molecule has 0 bridgehead atoms. The Morgan fingerprint density at radius 1 is 1.19 bits per heavy atom. The maximum absolute atomic E-state index is 5.39. The Bertz CT molecular complexity index is 520. The Kier molecular flexibility index (Phi) is 3.10. The summed E-state index contributed by atoms with van der Waals surface area (Å²) in [6.45, 7) is 0. The van der Waals surface area contributed by atoms with Crippen LogP contribution in [-0.2, 0) is 6.42 Å². The third-order valence-electron chi connectivity index (χ3n) is 2.91. The number of fused-ring (bicyclic) bond motifs is 3. The van der Waals surface area contributed by atoms with E-state index in [-0.39, 0.29) is 18.9 Å². The van der Waals surface area contributed by atoms with Crippen LogP contribution in [-0.4, -0.2) is 7.11 Å². The Balaban J connectivity index is 0.000000963. The molecule has 0 spiro atoms. The first-order valence-electron chi connectivity index (χ1n) is 5.06. The van der Waals surface area contributed by atoms with Crippen molar-refractivity contribution in [3.63, 3.8) is 0 Å². The molecule has 16 heavy (non-hydrogen) atoms. The van der Waals surface area contributed by atoms with Crippen molar-refractivity contribution in [2.75, 3.05) is 7.11 Å². The fourth-order valence-electron chi connectivity index (χ4n) is 2.24. The van der Waals surface area contributed by atoms with E-state index in [0.717, 1.165) is 12.2 Å². The van der Waals surface area contributed by atoms with E-state index in [0.29, 0.717) is 0 Å². The minimum absolute atomic E-state index is 0. The molecule has 0 fully saturated rings. The first-order chi connectivity index (χ1) is 7.40. The van der Waals surface area contributed by atoms with Crippen LogP contribution in [0.5, 0.6) is 5.75 Å². The van der Waals surface area contributed by atoms with Gasteiger partial charge in [-0.25, -0.2) is 0 Å². The molecule has 0 radical (unpaired) electrons. The van der Waals surface area contributed by atoms with Crippen LogP contribution >= 0.6 is 0 Å². The summed E-state index contributed by atoms with van der Waals surface area (Å²) >= 11 is 0. The Labute approximate surface area is 108 Å². The van der Waals surface area contributed by atoms with Crippen molar-refractivity contribution in [2.45, 2.75) is 6.42 Å². The van der Waals surface area contributed by atoms with Gasteiger partial charge >= 0.3 is 18.9 Å². The molecule has 0 unspecified atom stereocenters. The van der Waals surface area contributed by atoms with Gasteiger partial charge in [0.2, 0.25) is 0 Å². The molecular weight excluding hydrogens is 191 g/mol. The smallest absolute Gasteiger partial charge is 0.522 e. The van der Waals surface area contributed by atoms with E-state index in [1.54, 1.807) is 7.11 Å². The van der Waals surface area contributed by atoms with E-state index >= 15 is 0 Å². The quantitative estimate of drug-likeness (QED) is 0.401. The van der Waals surface area contributed by atoms with Gasteiger partial charge in [0, 0.05) is 5.75 Å². The molecular formula is C14H11LiO. The zero-order chi connectivity index (χ0) is 10.3. The van der Waals surface area contributed by atoms with Crippen LogP contribution in [0.4, 0.5) is 0 Å². The monoisotopic (exact) mass is 202 g/mol. The van der Waals surface area contributed by atoms with Gasteiger partial charge in [-0.05, 0) is 12.0 Å². The molecule has 0 aromatic heterocycles. The van der Waals surface area contributed by atoms with Crippen molar-refractivity contribution in [1.29, 1.82) is 0 Å². The summed E-state index contributed by atoms with van der Waals surface area (Å²) in [5.41, 5.74) is 5.13. The van der Waals surface area contributed by atoms with Crippen LogP contribution in [0.15, 0.2) is 36.4 Å². The zero-order valence-corrected chi connectivity index (χ0v) is 9.58. The molecule has 0 saturated carbocycles. The van der Waals surface area contributed by atoms with Crippen molar-refractivity contribution in [3.8, 4) is 16.9 Å². The van der Waals surface area contributed by atoms with Crippen LogP contribution in [0, 0.1) is 6.07 Å². The fourth-order valence-corrected chi connectivity index (χ4v) is 2.24. The number of rotatable bonds is 1. The SMILES string of the molecule is COc1cc[c-]c2c1-c1ccccc1C2.[Li+]. The molecule has 0 aliphatic heterocycles. The number of ether oxygens (including phenoxy) is 1. The minimum atomic E-state index is 0. The van der Waals surface area contributed by atoms with Gasteiger partial charge in [-0.15, -0.1) is 11.6 Å². The molecule has 0 heterocycles. The van der Waals surface area contributed by atoms with Gasteiger partial charge in [-0.1, -0.05) is 35.4 Å². The normalized spacial score (nSPS) is 11.3. The van der Waals surface area contributed by atoms with E-state index in [1.165, 1.54) is 22.3 Å². The summed E-state index contributed by atoms with van der Waals surface area (Å²) in [6.07, 6.45) is 0.975. The molecule has 2 heteroatoms. The van der Waals surface area contributed by atoms with Crippen LogP contribution in [0.3, 0.4) is 0 Å². The number of hydrogen-bond donors (Lipinski definition) is 0. The predicted octanol–water partition coefficient (Wildman–Crippen LogP) is 0.0706. The molecule has 0 N–H and O–H groups in total. The van der Waals surface area contributed by atoms with E-state index in [4.69, 9.17) is 4.74 Å². The maximum atomic E-state index is 5.39. The van der Waals surface area contributed by atoms with Gasteiger partial charge in [-0.3, -0.25) is 0 Å². The molecule has 3 rings (SSSR count). The van der Waals surface area contributed by atoms with Gasteiger partial charge < -0.3 is 4.74 Å². The molecule has 2 aromatic rings. The predicted molar refractivity (Wildman–Crippen MR) is 60.1 cm³/mol. The summed E-state index contributed by atoms with van der Waals surface area (Å²) in [7, 11) is 1.72. The fraction of sp³-hybridized carbons (Fsp3) is 0.143. The van der Waals surface area contributed by atoms with Crippen molar-refractivity contribution in [2.24, 2.45) is 0 Å². The third kappa shape index (κ3) is 1.57. The second-order valence-electron chi connectivity index (χ2n) is 3.73. The second kappa shape index (κ2) is 4.37. The summed E-state index contributed by atoms with van der Waals surface area (Å²) in [6, 6.07) is 15.7. The number of hydrogen-bond acceptors (Lipinski definition) is 1. The molecule has 1 nitrogen and oxygen atoms in total. The minimum Gasteiger partial charge on any atom is -0.522 e. The van der Waals surface area contributed by atoms with E-state index in [9.17, 15) is 0 Å². The Morgan fingerprint density at radius 2 is 2.00 bits per heavy atom. The summed E-state index contributed by atoms with van der Waals surface area (Å²) in [5.74, 6) is 0.952. The second-order valence-corrected chi connectivity index (χ2v) is 3.73. The maximum Gasteiger partial charge on any atom is 1.00 e. The Hall–Kier alpha value is -1.16. The summed E-state index contributed by atoms with van der Waals surface area (Å²) in [5, 5.41) is 0. The number of methoxy groups -OCH3 is 1. The van der Waals surface area contributed by atoms with Crippen LogP contribution in [0.1, 0.15) is 11.1 Å². The van der Waals surface area contributed by atoms with E-state index in [2.05, 4.69) is 30.3 Å². The van der Waals surface area contributed by atoms with Crippen molar-refractivity contribution < 1.29 is 23.6 Å². The first-order valence-corrected chi connectivity index (χ1v) is 5.06. The Morgan fingerprint density at radius 3 is 2.81 bits per heavy atom. The summed E-state index contributed by atoms with van der Waals surface area (Å²) < 4.78 is 5.39. The van der Waals surface area contributed by atoms with Crippen LogP contribution < -0.4 is 23.6 Å². The molecule has 0 saturated heterocycles. The van der Waals surface area contributed by atoms with Gasteiger partial charge in [0.15, 0.2) is 0 Å². The molecule has 0 amide bonds. The van der Waals surface area contributed by atoms with Gasteiger partial charge in [0.05, 0.1) is 7.11 Å². The summed E-state index contributed by atoms with van der Waals surface area (Å²) in [4.78, 5) is 0. The standard InChI is InChI=1S/C14H11O.Li/c1-15-13-8-4-6-11-9-10-5-2-3-7-12(10)14(11)13;/h2-5,7-8H,9H2,1H3;/q-1;+1. The number of benzene rings is 2. The molecule has 0 atom stereocenters. The van der Waals surface area contributed by atoms with Gasteiger partial charge in [-0.2, -0.15) is 12.1 Å².